The second-order valence-electron chi connectivity index (χ2n) is 4.80. The summed E-state index contributed by atoms with van der Waals surface area (Å²) in [4.78, 5) is 26.7. The molecular weight excluding hydrogens is 294 g/mol. The van der Waals surface area contributed by atoms with Crippen molar-refractivity contribution in [2.75, 3.05) is 11.9 Å². The number of nitrogens with one attached hydrogen (secondary N) is 2. The molecule has 0 radical (unpaired) electrons. The molecule has 0 aliphatic carbocycles. The van der Waals surface area contributed by atoms with Crippen molar-refractivity contribution in [2.24, 2.45) is 0 Å². The third kappa shape index (κ3) is 3.67. The van der Waals surface area contributed by atoms with Gasteiger partial charge in [0.1, 0.15) is 0 Å². The molecule has 4 N–H and O–H groups in total. The molecular formula is C13H15N3O4S. The fourth-order valence-corrected chi connectivity index (χ4v) is 2.49. The van der Waals surface area contributed by atoms with E-state index in [9.17, 15) is 14.7 Å². The number of aliphatic carboxylic acids is 1. The van der Waals surface area contributed by atoms with Gasteiger partial charge >= 0.3 is 12.0 Å². The zero-order chi connectivity index (χ0) is 15.6. The number of hydrogen-bond donors (Lipinski definition) is 4. The smallest absolute Gasteiger partial charge is 0.337 e. The Morgan fingerprint density at radius 3 is 2.81 bits per heavy atom. The summed E-state index contributed by atoms with van der Waals surface area (Å²) in [6.07, 6.45) is 0. The van der Waals surface area contributed by atoms with Gasteiger partial charge in [-0.25, -0.2) is 14.6 Å². The Bertz CT molecular complexity index is 696. The van der Waals surface area contributed by atoms with Crippen molar-refractivity contribution in [1.29, 1.82) is 0 Å². The Morgan fingerprint density at radius 1 is 1.43 bits per heavy atom. The van der Waals surface area contributed by atoms with Gasteiger partial charge in [-0.05, 0) is 32.0 Å². The van der Waals surface area contributed by atoms with Crippen LogP contribution in [0.1, 0.15) is 11.9 Å². The summed E-state index contributed by atoms with van der Waals surface area (Å²) in [6.45, 7) is 2.62. The van der Waals surface area contributed by atoms with Gasteiger partial charge in [-0.1, -0.05) is 0 Å². The normalized spacial score (nSPS) is 13.7. The monoisotopic (exact) mass is 309 g/mol. The first-order chi connectivity index (χ1) is 9.78. The van der Waals surface area contributed by atoms with Gasteiger partial charge < -0.3 is 20.8 Å². The van der Waals surface area contributed by atoms with E-state index in [2.05, 4.69) is 15.6 Å². The number of hydrogen-bond acceptors (Lipinski definition) is 5. The zero-order valence-electron chi connectivity index (χ0n) is 11.5. The fraction of sp³-hybridized carbons (Fsp3) is 0.308. The van der Waals surface area contributed by atoms with Crippen LogP contribution in [0.25, 0.3) is 10.2 Å². The quantitative estimate of drug-likeness (QED) is 0.685. The number of amides is 2. The number of carboxylic acids is 1. The maximum atomic E-state index is 11.7. The van der Waals surface area contributed by atoms with E-state index in [1.54, 1.807) is 18.2 Å². The molecule has 0 aliphatic heterocycles. The van der Waals surface area contributed by atoms with Gasteiger partial charge in [0.15, 0.2) is 5.60 Å². The van der Waals surface area contributed by atoms with Crippen LogP contribution >= 0.6 is 11.3 Å². The second kappa shape index (κ2) is 5.66. The number of benzene rings is 1. The van der Waals surface area contributed by atoms with Gasteiger partial charge in [0.25, 0.3) is 0 Å². The first kappa shape index (κ1) is 15.2. The van der Waals surface area contributed by atoms with Crippen LogP contribution in [0.3, 0.4) is 0 Å². The van der Waals surface area contributed by atoms with Crippen molar-refractivity contribution >= 4 is 39.2 Å². The highest BCUT2D eigenvalue weighted by atomic mass is 32.1. The number of fused-ring (bicyclic) bond motifs is 1. The SMILES string of the molecule is Cc1nc2ccc(NC(=O)NCC(C)(O)C(=O)O)cc2s1. The van der Waals surface area contributed by atoms with Gasteiger partial charge in [-0.2, -0.15) is 0 Å². The molecule has 1 aromatic heterocycles. The van der Waals surface area contributed by atoms with E-state index >= 15 is 0 Å². The highest BCUT2D eigenvalue weighted by molar-refractivity contribution is 7.18. The minimum Gasteiger partial charge on any atom is -0.479 e. The van der Waals surface area contributed by atoms with E-state index in [1.165, 1.54) is 11.3 Å². The van der Waals surface area contributed by atoms with Gasteiger partial charge in [-0.3, -0.25) is 0 Å². The lowest BCUT2D eigenvalue weighted by Crippen LogP contribution is -2.47. The number of urea groups is 1. The third-order valence-corrected chi connectivity index (χ3v) is 3.74. The summed E-state index contributed by atoms with van der Waals surface area (Å²) >= 11 is 1.51. The molecule has 0 saturated heterocycles. The van der Waals surface area contributed by atoms with Gasteiger partial charge in [-0.15, -0.1) is 11.3 Å². The van der Waals surface area contributed by atoms with E-state index in [4.69, 9.17) is 5.11 Å². The molecule has 0 saturated carbocycles. The van der Waals surface area contributed by atoms with E-state index < -0.39 is 24.1 Å². The van der Waals surface area contributed by atoms with Gasteiger partial charge in [0.2, 0.25) is 0 Å². The Labute approximate surface area is 124 Å². The van der Waals surface area contributed by atoms with E-state index in [-0.39, 0.29) is 0 Å². The molecule has 7 nitrogen and oxygen atoms in total. The van der Waals surface area contributed by atoms with E-state index in [0.29, 0.717) is 5.69 Å². The standard InChI is InChI=1S/C13H15N3O4S/c1-7-15-9-4-3-8(5-10(9)21-7)16-12(19)14-6-13(2,20)11(17)18/h3-5,20H,6H2,1-2H3,(H,17,18)(H2,14,16,19). The Hall–Kier alpha value is -2.19. The minimum atomic E-state index is -2.00. The van der Waals surface area contributed by atoms with Crippen LogP contribution in [0.4, 0.5) is 10.5 Å². The molecule has 0 spiro atoms. The first-order valence-electron chi connectivity index (χ1n) is 6.16. The molecule has 1 atom stereocenters. The van der Waals surface area contributed by atoms with Crippen molar-refractivity contribution in [3.8, 4) is 0 Å². The van der Waals surface area contributed by atoms with Gasteiger partial charge in [0, 0.05) is 5.69 Å². The molecule has 0 aliphatic rings. The lowest BCUT2D eigenvalue weighted by atomic mass is 10.1. The molecule has 2 aromatic rings. The number of aliphatic hydroxyl groups is 1. The predicted molar refractivity (Wildman–Crippen MR) is 79.6 cm³/mol. The maximum Gasteiger partial charge on any atom is 0.337 e. The molecule has 21 heavy (non-hydrogen) atoms. The molecule has 2 rings (SSSR count). The number of anilines is 1. The van der Waals surface area contributed by atoms with Crippen LogP contribution in [0.2, 0.25) is 0 Å². The molecule has 1 unspecified atom stereocenters. The van der Waals surface area contributed by atoms with Crippen molar-refractivity contribution < 1.29 is 19.8 Å². The molecule has 0 bridgehead atoms. The summed E-state index contributed by atoms with van der Waals surface area (Å²) in [7, 11) is 0. The number of carbonyl (C=O) groups excluding carboxylic acids is 1. The largest absolute Gasteiger partial charge is 0.479 e. The molecule has 112 valence electrons. The number of aromatic nitrogens is 1. The molecule has 2 amide bonds. The van der Waals surface area contributed by atoms with Crippen LogP contribution in [0, 0.1) is 6.92 Å². The lowest BCUT2D eigenvalue weighted by molar-refractivity contribution is -0.155. The topological polar surface area (TPSA) is 112 Å². The van der Waals surface area contributed by atoms with Crippen molar-refractivity contribution in [3.05, 3.63) is 23.2 Å². The van der Waals surface area contributed by atoms with Crippen LogP contribution in [0.15, 0.2) is 18.2 Å². The number of nitrogens with zero attached hydrogens (tertiary/aromatic N) is 1. The Balaban J connectivity index is 1.99. The Morgan fingerprint density at radius 2 is 2.14 bits per heavy atom. The summed E-state index contributed by atoms with van der Waals surface area (Å²) < 4.78 is 0.947. The van der Waals surface area contributed by atoms with Crippen LogP contribution in [-0.2, 0) is 4.79 Å². The number of carbonyl (C=O) groups is 2. The number of rotatable bonds is 4. The summed E-state index contributed by atoms with van der Waals surface area (Å²) in [6, 6.07) is 4.70. The second-order valence-corrected chi connectivity index (χ2v) is 6.04. The molecule has 0 fully saturated rings. The highest BCUT2D eigenvalue weighted by Crippen LogP contribution is 2.24. The van der Waals surface area contributed by atoms with Crippen molar-refractivity contribution in [3.63, 3.8) is 0 Å². The average Bonchev–Trinajstić information content (AvgIpc) is 2.75. The summed E-state index contributed by atoms with van der Waals surface area (Å²) in [5.41, 5.74) is -0.577. The fourth-order valence-electron chi connectivity index (χ4n) is 1.62. The lowest BCUT2D eigenvalue weighted by Gasteiger charge is -2.18. The van der Waals surface area contributed by atoms with Gasteiger partial charge in [0.05, 0.1) is 21.8 Å². The zero-order valence-corrected chi connectivity index (χ0v) is 12.3. The summed E-state index contributed by atoms with van der Waals surface area (Å²) in [5.74, 6) is -1.40. The van der Waals surface area contributed by atoms with Crippen LogP contribution < -0.4 is 10.6 Å². The van der Waals surface area contributed by atoms with Crippen molar-refractivity contribution in [2.45, 2.75) is 19.4 Å². The van der Waals surface area contributed by atoms with E-state index in [1.807, 2.05) is 6.92 Å². The number of aryl methyl sites for hydroxylation is 1. The number of carboxylic acid groups (broad SMARTS) is 1. The third-order valence-electron chi connectivity index (χ3n) is 2.81. The molecule has 8 heteroatoms. The average molecular weight is 309 g/mol. The van der Waals surface area contributed by atoms with Crippen LogP contribution in [0.5, 0.6) is 0 Å². The maximum absolute atomic E-state index is 11.7. The minimum absolute atomic E-state index is 0.393. The number of thiazole rings is 1. The van der Waals surface area contributed by atoms with Crippen molar-refractivity contribution in [1.82, 2.24) is 10.3 Å². The predicted octanol–water partition coefficient (Wildman–Crippen LogP) is 1.56. The van der Waals surface area contributed by atoms with Crippen LogP contribution in [-0.4, -0.2) is 39.3 Å². The Kier molecular flexibility index (Phi) is 4.10. The molecule has 1 heterocycles. The molecule has 1 aromatic carbocycles. The summed E-state index contributed by atoms with van der Waals surface area (Å²) in [5, 5.41) is 24.1. The van der Waals surface area contributed by atoms with E-state index in [0.717, 1.165) is 22.1 Å². The highest BCUT2D eigenvalue weighted by Gasteiger charge is 2.30. The first-order valence-corrected chi connectivity index (χ1v) is 6.97.